The van der Waals surface area contributed by atoms with E-state index in [4.69, 9.17) is 4.74 Å². The van der Waals surface area contributed by atoms with E-state index in [1.807, 2.05) is 30.3 Å². The average Bonchev–Trinajstić information content (AvgIpc) is 2.62. The van der Waals surface area contributed by atoms with Crippen molar-refractivity contribution >= 4 is 17.4 Å². The molecule has 0 radical (unpaired) electrons. The number of nitrogens with one attached hydrogen (secondary N) is 2. The Morgan fingerprint density at radius 2 is 1.56 bits per heavy atom. The Morgan fingerprint density at radius 1 is 0.840 bits per heavy atom. The second-order valence-corrected chi connectivity index (χ2v) is 5.39. The van der Waals surface area contributed by atoms with Crippen LogP contribution in [-0.2, 0) is 6.61 Å². The van der Waals surface area contributed by atoms with Gasteiger partial charge in [-0.05, 0) is 48.0 Å². The molecule has 0 fully saturated rings. The van der Waals surface area contributed by atoms with Gasteiger partial charge in [0, 0.05) is 11.4 Å². The van der Waals surface area contributed by atoms with Crippen LogP contribution >= 0.6 is 0 Å². The van der Waals surface area contributed by atoms with Crippen molar-refractivity contribution in [3.05, 3.63) is 90.2 Å². The van der Waals surface area contributed by atoms with E-state index in [1.165, 1.54) is 18.2 Å². The summed E-state index contributed by atoms with van der Waals surface area (Å²) in [5, 5.41) is 5.25. The molecule has 3 rings (SSSR count). The summed E-state index contributed by atoms with van der Waals surface area (Å²) in [5.41, 5.74) is 2.08. The van der Waals surface area contributed by atoms with E-state index in [2.05, 4.69) is 10.6 Å². The Kier molecular flexibility index (Phi) is 5.26. The highest BCUT2D eigenvalue weighted by atomic mass is 19.1. The average molecular weight is 336 g/mol. The maximum Gasteiger partial charge on any atom is 0.323 e. The van der Waals surface area contributed by atoms with Crippen molar-refractivity contribution in [1.29, 1.82) is 0 Å². The minimum absolute atomic E-state index is 0.389. The molecule has 0 bridgehead atoms. The van der Waals surface area contributed by atoms with Gasteiger partial charge in [0.25, 0.3) is 0 Å². The predicted octanol–water partition coefficient (Wildman–Crippen LogP) is 5.05. The standard InChI is InChI=1S/C20H17FN2O2/c21-16-7-4-8-18(13-16)23-20(24)22-17-9-11-19(12-10-17)25-14-15-5-2-1-3-6-15/h1-13H,14H2,(H2,22,23,24). The molecule has 3 aromatic rings. The largest absolute Gasteiger partial charge is 0.489 e. The number of anilines is 2. The molecule has 0 spiro atoms. The second kappa shape index (κ2) is 7.97. The van der Waals surface area contributed by atoms with Crippen LogP contribution in [0.15, 0.2) is 78.9 Å². The molecular weight excluding hydrogens is 319 g/mol. The highest BCUT2D eigenvalue weighted by Crippen LogP contribution is 2.17. The summed E-state index contributed by atoms with van der Waals surface area (Å²) >= 11 is 0. The van der Waals surface area contributed by atoms with E-state index < -0.39 is 11.8 Å². The molecule has 0 saturated carbocycles. The number of ether oxygens (including phenoxy) is 1. The first-order valence-corrected chi connectivity index (χ1v) is 7.79. The molecule has 0 aliphatic carbocycles. The van der Waals surface area contributed by atoms with Gasteiger partial charge < -0.3 is 15.4 Å². The summed E-state index contributed by atoms with van der Waals surface area (Å²) in [4.78, 5) is 11.9. The molecule has 4 nitrogen and oxygen atoms in total. The first-order valence-electron chi connectivity index (χ1n) is 7.79. The summed E-state index contributed by atoms with van der Waals surface area (Å²) in [6.07, 6.45) is 0. The lowest BCUT2D eigenvalue weighted by Gasteiger charge is -2.09. The van der Waals surface area contributed by atoms with E-state index in [-0.39, 0.29) is 0 Å². The van der Waals surface area contributed by atoms with Gasteiger partial charge in [-0.25, -0.2) is 9.18 Å². The zero-order chi connectivity index (χ0) is 17.5. The molecule has 0 saturated heterocycles. The van der Waals surface area contributed by atoms with Gasteiger partial charge in [0.2, 0.25) is 0 Å². The molecular formula is C20H17FN2O2. The summed E-state index contributed by atoms with van der Waals surface area (Å²) in [6.45, 7) is 0.480. The van der Waals surface area contributed by atoms with Crippen LogP contribution < -0.4 is 15.4 Å². The Labute approximate surface area is 145 Å². The number of urea groups is 1. The Balaban J connectivity index is 1.52. The number of halogens is 1. The van der Waals surface area contributed by atoms with Crippen LogP contribution in [0, 0.1) is 5.82 Å². The quantitative estimate of drug-likeness (QED) is 0.685. The maximum absolute atomic E-state index is 13.1. The van der Waals surface area contributed by atoms with E-state index in [0.717, 1.165) is 5.56 Å². The highest BCUT2D eigenvalue weighted by Gasteiger charge is 2.04. The summed E-state index contributed by atoms with van der Waals surface area (Å²) in [5.74, 6) is 0.303. The molecule has 0 aliphatic heterocycles. The Bertz CT molecular complexity index is 836. The van der Waals surface area contributed by atoms with Gasteiger partial charge in [-0.3, -0.25) is 0 Å². The van der Waals surface area contributed by atoms with E-state index >= 15 is 0 Å². The van der Waals surface area contributed by atoms with Crippen molar-refractivity contribution in [2.45, 2.75) is 6.61 Å². The number of hydrogen-bond acceptors (Lipinski definition) is 2. The normalized spacial score (nSPS) is 10.1. The zero-order valence-corrected chi connectivity index (χ0v) is 13.4. The van der Waals surface area contributed by atoms with Gasteiger partial charge in [0.05, 0.1) is 0 Å². The van der Waals surface area contributed by atoms with Crippen LogP contribution in [0.25, 0.3) is 0 Å². The van der Waals surface area contributed by atoms with E-state index in [9.17, 15) is 9.18 Å². The van der Waals surface area contributed by atoms with Gasteiger partial charge in [-0.1, -0.05) is 36.4 Å². The van der Waals surface area contributed by atoms with Crippen LogP contribution in [0.5, 0.6) is 5.75 Å². The summed E-state index contributed by atoms with van der Waals surface area (Å²) in [6, 6.07) is 22.2. The van der Waals surface area contributed by atoms with Crippen molar-refractivity contribution in [3.8, 4) is 5.75 Å². The number of carbonyl (C=O) groups excluding carboxylic acids is 1. The molecule has 3 aromatic carbocycles. The van der Waals surface area contributed by atoms with Gasteiger partial charge in [0.15, 0.2) is 0 Å². The monoisotopic (exact) mass is 336 g/mol. The second-order valence-electron chi connectivity index (χ2n) is 5.39. The summed E-state index contributed by atoms with van der Waals surface area (Å²) in [7, 11) is 0. The fourth-order valence-electron chi connectivity index (χ4n) is 2.24. The molecule has 2 amide bonds. The van der Waals surface area contributed by atoms with E-state index in [0.29, 0.717) is 23.7 Å². The topological polar surface area (TPSA) is 50.4 Å². The number of hydrogen-bond donors (Lipinski definition) is 2. The third-order valence-corrected chi connectivity index (χ3v) is 3.44. The fraction of sp³-hybridized carbons (Fsp3) is 0.0500. The smallest absolute Gasteiger partial charge is 0.323 e. The van der Waals surface area contributed by atoms with Crippen molar-refractivity contribution < 1.29 is 13.9 Å². The van der Waals surface area contributed by atoms with Crippen LogP contribution in [-0.4, -0.2) is 6.03 Å². The molecule has 126 valence electrons. The van der Waals surface area contributed by atoms with Crippen molar-refractivity contribution in [3.63, 3.8) is 0 Å². The SMILES string of the molecule is O=C(Nc1ccc(OCc2ccccc2)cc1)Nc1cccc(F)c1. The molecule has 2 N–H and O–H groups in total. The number of amides is 2. The van der Waals surface area contributed by atoms with Crippen LogP contribution in [0.3, 0.4) is 0 Å². The van der Waals surface area contributed by atoms with E-state index in [1.54, 1.807) is 30.3 Å². The predicted molar refractivity (Wildman–Crippen MR) is 96.3 cm³/mol. The molecule has 5 heteroatoms. The lowest BCUT2D eigenvalue weighted by molar-refractivity contribution is 0.262. The lowest BCUT2D eigenvalue weighted by Crippen LogP contribution is -2.19. The Hall–Kier alpha value is -3.34. The van der Waals surface area contributed by atoms with Gasteiger partial charge >= 0.3 is 6.03 Å². The van der Waals surface area contributed by atoms with Crippen LogP contribution in [0.1, 0.15) is 5.56 Å². The minimum atomic E-state index is -0.441. The molecule has 0 heterocycles. The highest BCUT2D eigenvalue weighted by molar-refractivity contribution is 5.99. The first kappa shape index (κ1) is 16.5. The van der Waals surface area contributed by atoms with Crippen LogP contribution in [0.2, 0.25) is 0 Å². The minimum Gasteiger partial charge on any atom is -0.489 e. The number of benzene rings is 3. The van der Waals surface area contributed by atoms with Crippen molar-refractivity contribution in [2.24, 2.45) is 0 Å². The summed E-state index contributed by atoms with van der Waals surface area (Å²) < 4.78 is 18.8. The molecule has 0 unspecified atom stereocenters. The Morgan fingerprint density at radius 3 is 2.28 bits per heavy atom. The van der Waals surface area contributed by atoms with Crippen molar-refractivity contribution in [2.75, 3.05) is 10.6 Å². The molecule has 25 heavy (non-hydrogen) atoms. The number of carbonyl (C=O) groups is 1. The molecule has 0 aromatic heterocycles. The van der Waals surface area contributed by atoms with Gasteiger partial charge in [-0.2, -0.15) is 0 Å². The molecule has 0 aliphatic rings. The first-order chi connectivity index (χ1) is 12.2. The lowest BCUT2D eigenvalue weighted by atomic mass is 10.2. The number of rotatable bonds is 5. The fourth-order valence-corrected chi connectivity index (χ4v) is 2.24. The molecule has 0 atom stereocenters. The third kappa shape index (κ3) is 5.07. The third-order valence-electron chi connectivity index (χ3n) is 3.44. The van der Waals surface area contributed by atoms with Gasteiger partial charge in [0.1, 0.15) is 18.2 Å². The maximum atomic E-state index is 13.1. The van der Waals surface area contributed by atoms with Crippen LogP contribution in [0.4, 0.5) is 20.6 Å². The zero-order valence-electron chi connectivity index (χ0n) is 13.4. The van der Waals surface area contributed by atoms with Crippen molar-refractivity contribution in [1.82, 2.24) is 0 Å². The van der Waals surface area contributed by atoms with Gasteiger partial charge in [-0.15, -0.1) is 0 Å².